The summed E-state index contributed by atoms with van der Waals surface area (Å²) in [6.45, 7) is 5.81. The zero-order chi connectivity index (χ0) is 9.61. The Morgan fingerprint density at radius 2 is 2.25 bits per heavy atom. The van der Waals surface area contributed by atoms with Gasteiger partial charge in [0.25, 0.3) is 0 Å². The average molecular weight is 170 g/mol. The molecule has 0 radical (unpaired) electrons. The van der Waals surface area contributed by atoms with Crippen molar-refractivity contribution < 1.29 is 4.79 Å². The molecule has 0 aromatic rings. The first-order chi connectivity index (χ1) is 5.52. The smallest absolute Gasteiger partial charge is 0.308 e. The van der Waals surface area contributed by atoms with Gasteiger partial charge in [-0.15, -0.1) is 0 Å². The van der Waals surface area contributed by atoms with Crippen LogP contribution in [-0.4, -0.2) is 11.6 Å². The van der Waals surface area contributed by atoms with Crippen LogP contribution in [0.15, 0.2) is 5.11 Å². The Morgan fingerprint density at radius 1 is 1.67 bits per heavy atom. The highest BCUT2D eigenvalue weighted by atomic mass is 16.2. The molecule has 5 nitrogen and oxygen atoms in total. The Bertz CT molecular complexity index is 205. The zero-order valence-electron chi connectivity index (χ0n) is 7.66. The van der Waals surface area contributed by atoms with Crippen LogP contribution < -0.4 is 5.32 Å². The van der Waals surface area contributed by atoms with Gasteiger partial charge in [0.1, 0.15) is 0 Å². The maximum atomic E-state index is 10.8. The summed E-state index contributed by atoms with van der Waals surface area (Å²) in [4.78, 5) is 13.2. The monoisotopic (exact) mass is 170 g/mol. The van der Waals surface area contributed by atoms with Crippen molar-refractivity contribution in [2.24, 2.45) is 5.11 Å². The van der Waals surface area contributed by atoms with Crippen molar-refractivity contribution >= 4 is 6.03 Å². The van der Waals surface area contributed by atoms with E-state index in [2.05, 4.69) is 15.3 Å². The van der Waals surface area contributed by atoms with E-state index in [4.69, 9.17) is 5.53 Å². The van der Waals surface area contributed by atoms with E-state index >= 15 is 0 Å². The fourth-order valence-corrected chi connectivity index (χ4v) is 1.04. The van der Waals surface area contributed by atoms with Crippen LogP contribution in [0.1, 0.15) is 33.6 Å². The topological polar surface area (TPSA) is 77.9 Å². The van der Waals surface area contributed by atoms with Gasteiger partial charge >= 0.3 is 6.03 Å². The first-order valence-electron chi connectivity index (χ1n) is 3.89. The second-order valence-electron chi connectivity index (χ2n) is 3.25. The maximum Gasteiger partial charge on any atom is 0.308 e. The fraction of sp³-hybridized carbons (Fsp3) is 0.857. The van der Waals surface area contributed by atoms with Crippen LogP contribution in [0.2, 0.25) is 0 Å². The summed E-state index contributed by atoms with van der Waals surface area (Å²) in [6.07, 6.45) is 1.84. The molecular formula is C7H14N4O. The second-order valence-corrected chi connectivity index (χ2v) is 3.25. The molecule has 0 fully saturated rings. The molecule has 0 aliphatic carbocycles. The number of hydrogen-bond donors (Lipinski definition) is 1. The van der Waals surface area contributed by atoms with Gasteiger partial charge in [-0.05, 0) is 25.8 Å². The highest BCUT2D eigenvalue weighted by molar-refractivity contribution is 5.75. The summed E-state index contributed by atoms with van der Waals surface area (Å²) >= 11 is 0. The Kier molecular flexibility index (Phi) is 4.15. The molecule has 0 saturated carbocycles. The van der Waals surface area contributed by atoms with Crippen molar-refractivity contribution in [3.8, 4) is 0 Å². The third-order valence-electron chi connectivity index (χ3n) is 1.46. The SMILES string of the molecule is CCCC(C)(C)NC(=O)N=[N+]=[N-]. The summed E-state index contributed by atoms with van der Waals surface area (Å²) in [7, 11) is 0. The van der Waals surface area contributed by atoms with Crippen molar-refractivity contribution in [2.75, 3.05) is 0 Å². The highest BCUT2D eigenvalue weighted by Crippen LogP contribution is 2.10. The third-order valence-corrected chi connectivity index (χ3v) is 1.46. The number of rotatable bonds is 3. The predicted molar refractivity (Wildman–Crippen MR) is 46.7 cm³/mol. The number of nitrogens with one attached hydrogen (secondary N) is 1. The van der Waals surface area contributed by atoms with Gasteiger partial charge in [-0.3, -0.25) is 4.79 Å². The third kappa shape index (κ3) is 4.57. The van der Waals surface area contributed by atoms with E-state index in [-0.39, 0.29) is 5.54 Å². The van der Waals surface area contributed by atoms with E-state index in [1.54, 1.807) is 0 Å². The number of azide groups is 1. The van der Waals surface area contributed by atoms with Crippen molar-refractivity contribution in [3.63, 3.8) is 0 Å². The van der Waals surface area contributed by atoms with Crippen LogP contribution in [0.5, 0.6) is 0 Å². The van der Waals surface area contributed by atoms with Gasteiger partial charge in [0, 0.05) is 15.6 Å². The van der Waals surface area contributed by atoms with Crippen LogP contribution >= 0.6 is 0 Å². The molecule has 5 heteroatoms. The van der Waals surface area contributed by atoms with Crippen molar-refractivity contribution in [1.29, 1.82) is 0 Å². The molecule has 0 aliphatic heterocycles. The van der Waals surface area contributed by atoms with Crippen LogP contribution in [-0.2, 0) is 0 Å². The molecule has 2 amide bonds. The molecular weight excluding hydrogens is 156 g/mol. The molecule has 12 heavy (non-hydrogen) atoms. The van der Waals surface area contributed by atoms with E-state index in [1.807, 2.05) is 20.8 Å². The van der Waals surface area contributed by atoms with E-state index in [0.717, 1.165) is 12.8 Å². The number of carbonyl (C=O) groups excluding carboxylic acids is 1. The largest absolute Gasteiger partial charge is 0.346 e. The number of hydrogen-bond acceptors (Lipinski definition) is 1. The van der Waals surface area contributed by atoms with Crippen molar-refractivity contribution in [1.82, 2.24) is 5.32 Å². The van der Waals surface area contributed by atoms with Gasteiger partial charge in [0.15, 0.2) is 0 Å². The van der Waals surface area contributed by atoms with Crippen molar-refractivity contribution in [3.05, 3.63) is 10.4 Å². The van der Waals surface area contributed by atoms with E-state index in [1.165, 1.54) is 0 Å². The minimum atomic E-state index is -0.615. The molecule has 0 atom stereocenters. The maximum absolute atomic E-state index is 10.8. The fourth-order valence-electron chi connectivity index (χ4n) is 1.04. The van der Waals surface area contributed by atoms with Crippen LogP contribution in [0.4, 0.5) is 4.79 Å². The summed E-state index contributed by atoms with van der Waals surface area (Å²) in [5.74, 6) is 0. The first kappa shape index (κ1) is 10.8. The Balaban J connectivity index is 4.04. The highest BCUT2D eigenvalue weighted by Gasteiger charge is 2.17. The number of amides is 2. The summed E-state index contributed by atoms with van der Waals surface area (Å²) < 4.78 is 0. The molecule has 0 spiro atoms. The van der Waals surface area contributed by atoms with Gasteiger partial charge in [-0.2, -0.15) is 0 Å². The second kappa shape index (κ2) is 4.62. The van der Waals surface area contributed by atoms with E-state index in [0.29, 0.717) is 0 Å². The molecule has 0 unspecified atom stereocenters. The lowest BCUT2D eigenvalue weighted by atomic mass is 9.99. The lowest BCUT2D eigenvalue weighted by Crippen LogP contribution is -2.41. The molecule has 0 aliphatic rings. The first-order valence-corrected chi connectivity index (χ1v) is 3.89. The Hall–Kier alpha value is -1.22. The van der Waals surface area contributed by atoms with Gasteiger partial charge in [0.2, 0.25) is 0 Å². The Labute approximate surface area is 71.8 Å². The lowest BCUT2D eigenvalue weighted by molar-refractivity contribution is 0.236. The van der Waals surface area contributed by atoms with Crippen LogP contribution in [0.25, 0.3) is 10.4 Å². The lowest BCUT2D eigenvalue weighted by Gasteiger charge is -2.24. The van der Waals surface area contributed by atoms with E-state index in [9.17, 15) is 4.79 Å². The quantitative estimate of drug-likeness (QED) is 0.394. The van der Waals surface area contributed by atoms with Gasteiger partial charge in [-0.25, -0.2) is 0 Å². The molecule has 68 valence electrons. The molecule has 0 bridgehead atoms. The number of carbonyl (C=O) groups is 1. The molecule has 0 saturated heterocycles. The number of nitrogens with zero attached hydrogens (tertiary/aromatic N) is 3. The molecule has 0 heterocycles. The number of urea groups is 1. The van der Waals surface area contributed by atoms with E-state index < -0.39 is 6.03 Å². The van der Waals surface area contributed by atoms with Crippen molar-refractivity contribution in [2.45, 2.75) is 39.2 Å². The van der Waals surface area contributed by atoms with Gasteiger partial charge in [-0.1, -0.05) is 13.3 Å². The summed E-state index contributed by atoms with van der Waals surface area (Å²) in [5, 5.41) is 5.52. The molecule has 0 aromatic carbocycles. The van der Waals surface area contributed by atoms with Gasteiger partial charge in [0.05, 0.1) is 0 Å². The minimum Gasteiger partial charge on any atom is -0.346 e. The standard InChI is InChI=1S/C7H14N4O/c1-4-5-7(2,3)9-6(12)10-11-8/h4-5H2,1-3H3,(H,9,12). The predicted octanol–water partition coefficient (Wildman–Crippen LogP) is 2.59. The molecule has 0 aromatic heterocycles. The zero-order valence-corrected chi connectivity index (χ0v) is 7.66. The normalized spacial score (nSPS) is 10.2. The minimum absolute atomic E-state index is 0.292. The summed E-state index contributed by atoms with van der Waals surface area (Å²) in [5.41, 5.74) is 7.67. The molecule has 0 rings (SSSR count). The molecule has 1 N–H and O–H groups in total. The van der Waals surface area contributed by atoms with Crippen LogP contribution in [0, 0.1) is 0 Å². The van der Waals surface area contributed by atoms with Crippen LogP contribution in [0.3, 0.4) is 0 Å². The van der Waals surface area contributed by atoms with Gasteiger partial charge < -0.3 is 5.32 Å². The Morgan fingerprint density at radius 3 is 2.67 bits per heavy atom. The average Bonchev–Trinajstić information content (AvgIpc) is 1.85. The summed E-state index contributed by atoms with van der Waals surface area (Å²) in [6, 6.07) is -0.615.